The van der Waals surface area contributed by atoms with Gasteiger partial charge in [0.2, 0.25) is 5.91 Å². The summed E-state index contributed by atoms with van der Waals surface area (Å²) in [7, 11) is 1.65. The van der Waals surface area contributed by atoms with Gasteiger partial charge in [-0.1, -0.05) is 0 Å². The molecule has 4 heteroatoms. The average molecular weight is 230 g/mol. The van der Waals surface area contributed by atoms with Crippen LogP contribution < -0.4 is 11.1 Å². The molecule has 0 saturated heterocycles. The van der Waals surface area contributed by atoms with E-state index in [9.17, 15) is 4.79 Å². The maximum Gasteiger partial charge on any atom is 0.227 e. The van der Waals surface area contributed by atoms with Gasteiger partial charge in [0.1, 0.15) is 0 Å². The molecule has 0 aliphatic rings. The molecule has 96 valence electrons. The first-order valence-electron chi connectivity index (χ1n) is 5.71. The standard InChI is InChI=1S/C12H26N2O2/c1-9(7-8-16-6)14-10(15)11(2,3)12(4,5)13/h9H,7-8,13H2,1-6H3,(H,14,15). The Labute approximate surface area is 98.9 Å². The molecule has 0 saturated carbocycles. The zero-order valence-corrected chi connectivity index (χ0v) is 11.4. The fraction of sp³-hybridized carbons (Fsp3) is 0.917. The highest BCUT2D eigenvalue weighted by molar-refractivity contribution is 5.83. The molecule has 0 radical (unpaired) electrons. The van der Waals surface area contributed by atoms with E-state index in [-0.39, 0.29) is 11.9 Å². The number of nitrogens with one attached hydrogen (secondary N) is 1. The number of carbonyl (C=O) groups is 1. The largest absolute Gasteiger partial charge is 0.385 e. The minimum absolute atomic E-state index is 0.0106. The van der Waals surface area contributed by atoms with Crippen molar-refractivity contribution in [2.45, 2.75) is 52.6 Å². The zero-order chi connectivity index (χ0) is 13.0. The van der Waals surface area contributed by atoms with Gasteiger partial charge in [-0.05, 0) is 41.0 Å². The molecule has 1 unspecified atom stereocenters. The topological polar surface area (TPSA) is 64.3 Å². The van der Waals surface area contributed by atoms with Gasteiger partial charge in [0, 0.05) is 25.3 Å². The molecule has 0 aliphatic heterocycles. The summed E-state index contributed by atoms with van der Waals surface area (Å²) in [6.45, 7) is 10.1. The van der Waals surface area contributed by atoms with Crippen LogP contribution in [0.2, 0.25) is 0 Å². The summed E-state index contributed by atoms with van der Waals surface area (Å²) in [5.74, 6) is -0.0106. The summed E-state index contributed by atoms with van der Waals surface area (Å²) < 4.78 is 4.97. The van der Waals surface area contributed by atoms with E-state index in [0.717, 1.165) is 6.42 Å². The van der Waals surface area contributed by atoms with Gasteiger partial charge in [0.25, 0.3) is 0 Å². The zero-order valence-electron chi connectivity index (χ0n) is 11.4. The van der Waals surface area contributed by atoms with Crippen molar-refractivity contribution in [2.24, 2.45) is 11.1 Å². The third kappa shape index (κ3) is 4.10. The Bertz CT molecular complexity index is 232. The van der Waals surface area contributed by atoms with Crippen LogP contribution in [-0.4, -0.2) is 31.2 Å². The van der Waals surface area contributed by atoms with Gasteiger partial charge in [0.15, 0.2) is 0 Å². The van der Waals surface area contributed by atoms with Crippen LogP contribution >= 0.6 is 0 Å². The number of ether oxygens (including phenoxy) is 1. The van der Waals surface area contributed by atoms with Crippen molar-refractivity contribution in [1.29, 1.82) is 0 Å². The van der Waals surface area contributed by atoms with Crippen molar-refractivity contribution < 1.29 is 9.53 Å². The summed E-state index contributed by atoms with van der Waals surface area (Å²) in [6.07, 6.45) is 0.809. The number of methoxy groups -OCH3 is 1. The molecule has 0 spiro atoms. The van der Waals surface area contributed by atoms with E-state index < -0.39 is 11.0 Å². The molecule has 0 bridgehead atoms. The molecule has 1 atom stereocenters. The van der Waals surface area contributed by atoms with E-state index >= 15 is 0 Å². The predicted octanol–water partition coefficient (Wildman–Crippen LogP) is 1.29. The van der Waals surface area contributed by atoms with Crippen molar-refractivity contribution in [3.63, 3.8) is 0 Å². The fourth-order valence-corrected chi connectivity index (χ4v) is 1.06. The van der Waals surface area contributed by atoms with Crippen LogP contribution in [0.15, 0.2) is 0 Å². The van der Waals surface area contributed by atoms with Gasteiger partial charge in [-0.3, -0.25) is 4.79 Å². The lowest BCUT2D eigenvalue weighted by Crippen LogP contribution is -2.56. The first kappa shape index (κ1) is 15.4. The lowest BCUT2D eigenvalue weighted by molar-refractivity contribution is -0.133. The van der Waals surface area contributed by atoms with Gasteiger partial charge in [-0.15, -0.1) is 0 Å². The SMILES string of the molecule is COCCC(C)NC(=O)C(C)(C)C(C)(C)N. The summed E-state index contributed by atoms with van der Waals surface area (Å²) in [5.41, 5.74) is 4.87. The second kappa shape index (κ2) is 5.64. The predicted molar refractivity (Wildman–Crippen MR) is 66.1 cm³/mol. The molecular weight excluding hydrogens is 204 g/mol. The highest BCUT2D eigenvalue weighted by Crippen LogP contribution is 2.28. The van der Waals surface area contributed by atoms with Crippen molar-refractivity contribution in [2.75, 3.05) is 13.7 Å². The van der Waals surface area contributed by atoms with Crippen molar-refractivity contribution in [1.82, 2.24) is 5.32 Å². The van der Waals surface area contributed by atoms with Crippen molar-refractivity contribution in [3.8, 4) is 0 Å². The van der Waals surface area contributed by atoms with Crippen LogP contribution in [0.25, 0.3) is 0 Å². The molecule has 0 rings (SSSR count). The smallest absolute Gasteiger partial charge is 0.227 e. The van der Waals surface area contributed by atoms with E-state index in [4.69, 9.17) is 10.5 Å². The second-order valence-electron chi connectivity index (χ2n) is 5.50. The van der Waals surface area contributed by atoms with E-state index in [0.29, 0.717) is 6.61 Å². The lowest BCUT2D eigenvalue weighted by atomic mass is 9.74. The number of nitrogens with two attached hydrogens (primary N) is 1. The summed E-state index contributed by atoms with van der Waals surface area (Å²) in [4.78, 5) is 12.1. The minimum Gasteiger partial charge on any atom is -0.385 e. The van der Waals surface area contributed by atoms with Crippen LogP contribution in [0.3, 0.4) is 0 Å². The summed E-state index contributed by atoms with van der Waals surface area (Å²) in [5, 5.41) is 2.96. The van der Waals surface area contributed by atoms with Gasteiger partial charge in [-0.2, -0.15) is 0 Å². The Morgan fingerprint density at radius 3 is 2.25 bits per heavy atom. The van der Waals surface area contributed by atoms with Crippen LogP contribution in [0, 0.1) is 5.41 Å². The Balaban J connectivity index is 4.35. The van der Waals surface area contributed by atoms with E-state index in [1.807, 2.05) is 34.6 Å². The Morgan fingerprint density at radius 2 is 1.88 bits per heavy atom. The number of rotatable bonds is 6. The number of amides is 1. The molecule has 0 aromatic heterocycles. The number of carbonyl (C=O) groups excluding carboxylic acids is 1. The normalized spacial score (nSPS) is 14.7. The molecule has 4 nitrogen and oxygen atoms in total. The van der Waals surface area contributed by atoms with E-state index in [1.165, 1.54) is 0 Å². The first-order valence-corrected chi connectivity index (χ1v) is 5.71. The average Bonchev–Trinajstić information content (AvgIpc) is 2.12. The maximum absolute atomic E-state index is 12.1. The lowest BCUT2D eigenvalue weighted by Gasteiger charge is -2.37. The highest BCUT2D eigenvalue weighted by atomic mass is 16.5. The van der Waals surface area contributed by atoms with Gasteiger partial charge in [0.05, 0.1) is 5.41 Å². The minimum atomic E-state index is -0.589. The van der Waals surface area contributed by atoms with Crippen LogP contribution in [0.4, 0.5) is 0 Å². The molecule has 3 N–H and O–H groups in total. The Morgan fingerprint density at radius 1 is 1.38 bits per heavy atom. The molecule has 0 heterocycles. The number of hydrogen-bond donors (Lipinski definition) is 2. The van der Waals surface area contributed by atoms with Gasteiger partial charge < -0.3 is 15.8 Å². The third-order valence-corrected chi connectivity index (χ3v) is 3.31. The van der Waals surface area contributed by atoms with Crippen LogP contribution in [0.5, 0.6) is 0 Å². The van der Waals surface area contributed by atoms with Crippen molar-refractivity contribution in [3.05, 3.63) is 0 Å². The summed E-state index contributed by atoms with van der Waals surface area (Å²) >= 11 is 0. The summed E-state index contributed by atoms with van der Waals surface area (Å²) in [6, 6.07) is 0.106. The first-order chi connectivity index (χ1) is 7.13. The fourth-order valence-electron chi connectivity index (χ4n) is 1.06. The molecule has 16 heavy (non-hydrogen) atoms. The van der Waals surface area contributed by atoms with E-state index in [1.54, 1.807) is 7.11 Å². The molecule has 0 aromatic carbocycles. The quantitative estimate of drug-likeness (QED) is 0.722. The van der Waals surface area contributed by atoms with Gasteiger partial charge in [-0.25, -0.2) is 0 Å². The van der Waals surface area contributed by atoms with Gasteiger partial charge >= 0.3 is 0 Å². The van der Waals surface area contributed by atoms with Crippen LogP contribution in [-0.2, 0) is 9.53 Å². The molecule has 0 aromatic rings. The van der Waals surface area contributed by atoms with E-state index in [2.05, 4.69) is 5.32 Å². The molecular formula is C12H26N2O2. The molecule has 0 aliphatic carbocycles. The molecule has 0 fully saturated rings. The third-order valence-electron chi connectivity index (χ3n) is 3.31. The number of hydrogen-bond acceptors (Lipinski definition) is 3. The molecule has 1 amide bonds. The van der Waals surface area contributed by atoms with Crippen LogP contribution in [0.1, 0.15) is 41.0 Å². The Kier molecular flexibility index (Phi) is 5.42. The maximum atomic E-state index is 12.1. The second-order valence-corrected chi connectivity index (χ2v) is 5.50. The highest BCUT2D eigenvalue weighted by Gasteiger charge is 2.40. The van der Waals surface area contributed by atoms with Crippen molar-refractivity contribution >= 4 is 5.91 Å². The Hall–Kier alpha value is -0.610. The monoisotopic (exact) mass is 230 g/mol.